The van der Waals surface area contributed by atoms with Gasteiger partial charge in [0.25, 0.3) is 0 Å². The van der Waals surface area contributed by atoms with Crippen molar-refractivity contribution in [3.05, 3.63) is 29.8 Å². The molecule has 0 saturated heterocycles. The van der Waals surface area contributed by atoms with Gasteiger partial charge in [-0.15, -0.1) is 0 Å². The Hall–Kier alpha value is -2.22. The van der Waals surface area contributed by atoms with Crippen LogP contribution < -0.4 is 20.5 Å². The molecule has 0 fully saturated rings. The first-order valence-electron chi connectivity index (χ1n) is 13.9. The van der Waals surface area contributed by atoms with Crippen LogP contribution in [0.1, 0.15) is 99.5 Å². The molecule has 9 nitrogen and oxygen atoms in total. The average molecular weight is 568 g/mol. The van der Waals surface area contributed by atoms with E-state index in [0.717, 1.165) is 31.2 Å². The van der Waals surface area contributed by atoms with Crippen molar-refractivity contribution in [1.82, 2.24) is 16.0 Å². The maximum atomic E-state index is 13.6. The molecule has 1 rings (SSSR count). The van der Waals surface area contributed by atoms with Gasteiger partial charge < -0.3 is 30.3 Å². The van der Waals surface area contributed by atoms with E-state index in [1.165, 1.54) is 0 Å². The third-order valence-electron chi connectivity index (χ3n) is 6.44. The van der Waals surface area contributed by atoms with Gasteiger partial charge in [-0.1, -0.05) is 72.9 Å². The van der Waals surface area contributed by atoms with E-state index >= 15 is 0 Å². The van der Waals surface area contributed by atoms with Crippen molar-refractivity contribution < 1.29 is 28.7 Å². The van der Waals surface area contributed by atoms with Gasteiger partial charge >= 0.3 is 8.60 Å². The minimum absolute atomic E-state index is 0.00985. The molecule has 10 heteroatoms. The van der Waals surface area contributed by atoms with E-state index in [-0.39, 0.29) is 35.3 Å². The largest absolute Gasteiger partial charge is 0.427 e. The van der Waals surface area contributed by atoms with Crippen molar-refractivity contribution in [2.24, 2.45) is 11.3 Å². The lowest BCUT2D eigenvalue weighted by atomic mass is 9.81. The number of unbranched alkanes of at least 4 members (excludes halogenated alkanes) is 2. The van der Waals surface area contributed by atoms with Crippen LogP contribution in [0, 0.1) is 11.3 Å². The van der Waals surface area contributed by atoms with Gasteiger partial charge in [0.15, 0.2) is 0 Å². The fourth-order valence-corrected chi connectivity index (χ4v) is 5.08. The third-order valence-corrected chi connectivity index (χ3v) is 6.81. The lowest BCUT2D eigenvalue weighted by Gasteiger charge is -2.36. The number of benzene rings is 1. The molecule has 3 amide bonds. The first-order chi connectivity index (χ1) is 18.1. The van der Waals surface area contributed by atoms with Gasteiger partial charge in [0.05, 0.1) is 0 Å². The Kier molecular flexibility index (Phi) is 14.4. The van der Waals surface area contributed by atoms with E-state index in [2.05, 4.69) is 43.6 Å². The molecule has 0 radical (unpaired) electrons. The predicted molar refractivity (Wildman–Crippen MR) is 156 cm³/mol. The van der Waals surface area contributed by atoms with Crippen LogP contribution in [0.2, 0.25) is 0 Å². The van der Waals surface area contributed by atoms with Crippen molar-refractivity contribution in [3.63, 3.8) is 0 Å². The standard InChI is InChI=1S/C29H50N3O6P/c1-9-11-12-13-24(33)30-23(18-21-14-16-22(17-15-21)38-39(36)37)26(34)31-25(20(3)10-2)27(35)32-29(7,8)19-28(4,5)6/h14-17,20,23,25,36-37H,9-13,18-19H2,1-8H3,(H,30,33)(H,31,34)(H,32,35). The van der Waals surface area contributed by atoms with Gasteiger partial charge in [-0.25, -0.2) is 0 Å². The number of hydrogen-bond donors (Lipinski definition) is 5. The molecule has 3 unspecified atom stereocenters. The van der Waals surface area contributed by atoms with Gasteiger partial charge in [-0.3, -0.25) is 14.4 Å². The predicted octanol–water partition coefficient (Wildman–Crippen LogP) is 4.75. The molecule has 39 heavy (non-hydrogen) atoms. The topological polar surface area (TPSA) is 137 Å². The SMILES string of the molecule is CCCCCC(=O)NC(Cc1ccc(OP(O)O)cc1)C(=O)NC(C(=O)NC(C)(C)CC(C)(C)C)C(C)CC. The quantitative estimate of drug-likeness (QED) is 0.144. The number of carbonyl (C=O) groups is 3. The number of nitrogens with one attached hydrogen (secondary N) is 3. The summed E-state index contributed by atoms with van der Waals surface area (Å²) in [6.07, 6.45) is 4.59. The van der Waals surface area contributed by atoms with Crippen molar-refractivity contribution in [2.45, 2.75) is 118 Å². The monoisotopic (exact) mass is 567 g/mol. The van der Waals surface area contributed by atoms with Gasteiger partial charge in [0, 0.05) is 18.4 Å². The molecule has 0 heterocycles. The van der Waals surface area contributed by atoms with E-state index in [4.69, 9.17) is 14.3 Å². The Balaban J connectivity index is 3.12. The third kappa shape index (κ3) is 14.1. The van der Waals surface area contributed by atoms with Crippen LogP contribution in [-0.4, -0.2) is 45.1 Å². The van der Waals surface area contributed by atoms with Crippen LogP contribution >= 0.6 is 8.60 Å². The molecule has 0 aliphatic heterocycles. The van der Waals surface area contributed by atoms with Crippen LogP contribution in [0.25, 0.3) is 0 Å². The zero-order valence-corrected chi connectivity index (χ0v) is 25.9. The molecular formula is C29H50N3O6P. The van der Waals surface area contributed by atoms with Crippen molar-refractivity contribution in [2.75, 3.05) is 0 Å². The first kappa shape index (κ1) is 34.8. The summed E-state index contributed by atoms with van der Waals surface area (Å²) in [6, 6.07) is 4.90. The molecule has 0 aliphatic carbocycles. The van der Waals surface area contributed by atoms with E-state index < -0.39 is 32.1 Å². The Morgan fingerprint density at radius 2 is 1.56 bits per heavy atom. The van der Waals surface area contributed by atoms with Crippen LogP contribution in [0.4, 0.5) is 0 Å². The summed E-state index contributed by atoms with van der Waals surface area (Å²) in [7, 11) is -2.53. The van der Waals surface area contributed by atoms with Crippen LogP contribution in [0.15, 0.2) is 24.3 Å². The van der Waals surface area contributed by atoms with Crippen molar-refractivity contribution >= 4 is 26.3 Å². The fraction of sp³-hybridized carbons (Fsp3) is 0.690. The highest BCUT2D eigenvalue weighted by molar-refractivity contribution is 7.39. The highest BCUT2D eigenvalue weighted by Gasteiger charge is 2.34. The maximum absolute atomic E-state index is 13.6. The van der Waals surface area contributed by atoms with E-state index in [1.807, 2.05) is 27.7 Å². The summed E-state index contributed by atoms with van der Waals surface area (Å²) in [5, 5.41) is 8.92. The fourth-order valence-electron chi connectivity index (χ4n) is 4.76. The summed E-state index contributed by atoms with van der Waals surface area (Å²) in [5.74, 6) is -0.728. The van der Waals surface area contributed by atoms with Crippen LogP contribution in [0.5, 0.6) is 5.75 Å². The maximum Gasteiger partial charge on any atom is 0.391 e. The normalized spacial score (nSPS) is 14.3. The van der Waals surface area contributed by atoms with Gasteiger partial charge in [0.1, 0.15) is 17.8 Å². The van der Waals surface area contributed by atoms with Crippen LogP contribution in [-0.2, 0) is 20.8 Å². The summed E-state index contributed by atoms with van der Waals surface area (Å²) in [5.41, 5.74) is 0.287. The van der Waals surface area contributed by atoms with Gasteiger partial charge in [0.2, 0.25) is 17.7 Å². The van der Waals surface area contributed by atoms with E-state index in [9.17, 15) is 14.4 Å². The molecule has 0 spiro atoms. The first-order valence-corrected chi connectivity index (χ1v) is 15.1. The molecular weight excluding hydrogens is 517 g/mol. The number of rotatable bonds is 16. The van der Waals surface area contributed by atoms with E-state index in [0.29, 0.717) is 12.8 Å². The van der Waals surface area contributed by atoms with Crippen LogP contribution in [0.3, 0.4) is 0 Å². The minimum atomic E-state index is -2.53. The Bertz CT molecular complexity index is 915. The van der Waals surface area contributed by atoms with Crippen molar-refractivity contribution in [1.29, 1.82) is 0 Å². The smallest absolute Gasteiger partial charge is 0.391 e. The van der Waals surface area contributed by atoms with E-state index in [1.54, 1.807) is 24.3 Å². The zero-order chi connectivity index (χ0) is 29.8. The lowest BCUT2D eigenvalue weighted by Crippen LogP contribution is -2.59. The molecule has 0 bridgehead atoms. The molecule has 0 aliphatic rings. The molecule has 222 valence electrons. The van der Waals surface area contributed by atoms with Gasteiger partial charge in [-0.05, 0) is 55.7 Å². The zero-order valence-electron chi connectivity index (χ0n) is 25.0. The van der Waals surface area contributed by atoms with Gasteiger partial charge in [-0.2, -0.15) is 0 Å². The summed E-state index contributed by atoms with van der Waals surface area (Å²) in [6.45, 7) is 16.3. The second-order valence-corrected chi connectivity index (χ2v) is 12.9. The van der Waals surface area contributed by atoms with Crippen molar-refractivity contribution in [3.8, 4) is 5.75 Å². The molecule has 5 N–H and O–H groups in total. The molecule has 0 aromatic heterocycles. The highest BCUT2D eigenvalue weighted by Crippen LogP contribution is 2.29. The summed E-state index contributed by atoms with van der Waals surface area (Å²) >= 11 is 0. The molecule has 3 atom stereocenters. The number of hydrogen-bond acceptors (Lipinski definition) is 6. The molecule has 1 aromatic carbocycles. The number of carbonyl (C=O) groups excluding carboxylic acids is 3. The second kappa shape index (κ2) is 16.1. The Morgan fingerprint density at radius 3 is 2.08 bits per heavy atom. The highest BCUT2D eigenvalue weighted by atomic mass is 31.2. The minimum Gasteiger partial charge on any atom is -0.427 e. The lowest BCUT2D eigenvalue weighted by molar-refractivity contribution is -0.133. The summed E-state index contributed by atoms with van der Waals surface area (Å²) in [4.78, 5) is 57.8. The molecule has 0 saturated carbocycles. The Labute approximate surface area is 235 Å². The number of amides is 3. The second-order valence-electron chi connectivity index (χ2n) is 12.3. The summed E-state index contributed by atoms with van der Waals surface area (Å²) < 4.78 is 4.91. The Morgan fingerprint density at radius 1 is 0.949 bits per heavy atom. The molecule has 1 aromatic rings. The average Bonchev–Trinajstić information content (AvgIpc) is 2.80.